The lowest BCUT2D eigenvalue weighted by Gasteiger charge is -2.31. The average Bonchev–Trinajstić information content (AvgIpc) is 2.74. The summed E-state index contributed by atoms with van der Waals surface area (Å²) in [5.41, 5.74) is 0. The Labute approximate surface area is 110 Å². The molecule has 2 rings (SSSR count). The van der Waals surface area contributed by atoms with Crippen molar-refractivity contribution in [3.8, 4) is 0 Å². The highest BCUT2D eigenvalue weighted by atomic mass is 32.2. The molecule has 0 radical (unpaired) electrons. The Bertz CT molecular complexity index is 567. The van der Waals surface area contributed by atoms with Gasteiger partial charge in [-0.3, -0.25) is 9.52 Å². The third kappa shape index (κ3) is 3.04. The van der Waals surface area contributed by atoms with Crippen LogP contribution in [-0.2, 0) is 15.0 Å². The molecule has 2 heterocycles. The van der Waals surface area contributed by atoms with E-state index in [9.17, 15) is 13.2 Å². The maximum Gasteiger partial charge on any atom is 0.322 e. The first-order chi connectivity index (χ1) is 8.90. The summed E-state index contributed by atoms with van der Waals surface area (Å²) in [6, 6.07) is 0.399. The van der Waals surface area contributed by atoms with Crippen molar-refractivity contribution in [3.05, 3.63) is 11.8 Å². The van der Waals surface area contributed by atoms with Crippen LogP contribution in [0.2, 0.25) is 0 Å². The summed E-state index contributed by atoms with van der Waals surface area (Å²) >= 11 is 0. The summed E-state index contributed by atoms with van der Waals surface area (Å²) in [5, 5.41) is 12.6. The summed E-state index contributed by atoms with van der Waals surface area (Å²) in [6.07, 6.45) is 1.66. The zero-order chi connectivity index (χ0) is 14.0. The van der Waals surface area contributed by atoms with E-state index in [2.05, 4.69) is 9.88 Å². The second-order valence-corrected chi connectivity index (χ2v) is 6.01. The first kappa shape index (κ1) is 13.8. The van der Waals surface area contributed by atoms with Crippen LogP contribution in [0, 0.1) is 6.92 Å². The van der Waals surface area contributed by atoms with Crippen molar-refractivity contribution in [2.75, 3.05) is 11.3 Å². The molecule has 0 amide bonds. The molecule has 0 aromatic carbocycles. The Kier molecular flexibility index (Phi) is 3.76. The molecule has 0 spiro atoms. The Morgan fingerprint density at radius 3 is 2.89 bits per heavy atom. The van der Waals surface area contributed by atoms with Crippen molar-refractivity contribution in [2.24, 2.45) is 0 Å². The van der Waals surface area contributed by atoms with Crippen molar-refractivity contribution in [3.63, 3.8) is 0 Å². The molecular formula is C10H15N3O5S. The molecule has 1 fully saturated rings. The van der Waals surface area contributed by atoms with Crippen LogP contribution in [0.4, 0.5) is 5.82 Å². The number of nitrogens with zero attached hydrogens (tertiary/aromatic N) is 2. The lowest BCUT2D eigenvalue weighted by Crippen LogP contribution is -2.49. The summed E-state index contributed by atoms with van der Waals surface area (Å²) < 4.78 is 32.2. The fourth-order valence-corrected chi connectivity index (χ4v) is 3.42. The molecule has 1 aliphatic heterocycles. The van der Waals surface area contributed by atoms with Gasteiger partial charge < -0.3 is 9.63 Å². The Morgan fingerprint density at radius 1 is 1.58 bits per heavy atom. The molecule has 1 aromatic rings. The SMILES string of the molecule is Cc1cc(NS(=O)(=O)N2CCCCC2C(=O)O)no1. The highest BCUT2D eigenvalue weighted by Crippen LogP contribution is 2.22. The Hall–Kier alpha value is -1.61. The summed E-state index contributed by atoms with van der Waals surface area (Å²) in [6.45, 7) is 1.81. The molecule has 106 valence electrons. The van der Waals surface area contributed by atoms with Crippen molar-refractivity contribution in [1.82, 2.24) is 9.46 Å². The van der Waals surface area contributed by atoms with Crippen LogP contribution < -0.4 is 4.72 Å². The minimum absolute atomic E-state index is 0.0483. The third-order valence-electron chi connectivity index (χ3n) is 2.91. The minimum Gasteiger partial charge on any atom is -0.480 e. The maximum absolute atomic E-state index is 12.1. The predicted octanol–water partition coefficient (Wildman–Crippen LogP) is 0.579. The minimum atomic E-state index is -3.94. The van der Waals surface area contributed by atoms with Crippen molar-refractivity contribution in [2.45, 2.75) is 32.2 Å². The van der Waals surface area contributed by atoms with Crippen LogP contribution in [0.3, 0.4) is 0 Å². The Balaban J connectivity index is 2.19. The van der Waals surface area contributed by atoms with E-state index in [0.717, 1.165) is 4.31 Å². The largest absolute Gasteiger partial charge is 0.480 e. The standard InChI is InChI=1S/C10H15N3O5S/c1-7-6-9(11-18-7)12-19(16,17)13-5-3-2-4-8(13)10(14)15/h6,8H,2-5H2,1H3,(H,11,12)(H,14,15). The smallest absolute Gasteiger partial charge is 0.322 e. The fraction of sp³-hybridized carbons (Fsp3) is 0.600. The molecule has 0 aliphatic carbocycles. The molecule has 8 nitrogen and oxygen atoms in total. The summed E-state index contributed by atoms with van der Waals surface area (Å²) in [5.74, 6) is -0.625. The lowest BCUT2D eigenvalue weighted by atomic mass is 10.1. The van der Waals surface area contributed by atoms with E-state index in [4.69, 9.17) is 9.63 Å². The van der Waals surface area contributed by atoms with Crippen molar-refractivity contribution < 1.29 is 22.8 Å². The van der Waals surface area contributed by atoms with Gasteiger partial charge in [-0.2, -0.15) is 12.7 Å². The average molecular weight is 289 g/mol. The zero-order valence-electron chi connectivity index (χ0n) is 10.4. The van der Waals surface area contributed by atoms with Gasteiger partial charge in [0.15, 0.2) is 5.82 Å². The van der Waals surface area contributed by atoms with Gasteiger partial charge >= 0.3 is 16.2 Å². The number of rotatable bonds is 4. The number of aryl methyl sites for hydroxylation is 1. The van der Waals surface area contributed by atoms with Crippen LogP contribution in [0.1, 0.15) is 25.0 Å². The molecular weight excluding hydrogens is 274 g/mol. The van der Waals surface area contributed by atoms with Crippen LogP contribution in [0.25, 0.3) is 0 Å². The van der Waals surface area contributed by atoms with Crippen LogP contribution in [-0.4, -0.2) is 41.5 Å². The van der Waals surface area contributed by atoms with Crippen molar-refractivity contribution >= 4 is 22.0 Å². The molecule has 1 aromatic heterocycles. The topological polar surface area (TPSA) is 113 Å². The van der Waals surface area contributed by atoms with Gasteiger partial charge in [-0.15, -0.1) is 0 Å². The summed E-state index contributed by atoms with van der Waals surface area (Å²) in [4.78, 5) is 11.1. The van der Waals surface area contributed by atoms with Gasteiger partial charge in [-0.25, -0.2) is 0 Å². The molecule has 1 saturated heterocycles. The number of carboxylic acid groups (broad SMARTS) is 1. The summed E-state index contributed by atoms with van der Waals surface area (Å²) in [7, 11) is -3.94. The number of aliphatic carboxylic acids is 1. The van der Waals surface area contributed by atoms with Crippen molar-refractivity contribution in [1.29, 1.82) is 0 Å². The highest BCUT2D eigenvalue weighted by Gasteiger charge is 2.37. The second kappa shape index (κ2) is 5.17. The van der Waals surface area contributed by atoms with E-state index in [1.54, 1.807) is 6.92 Å². The van der Waals surface area contributed by atoms with Gasteiger partial charge in [-0.1, -0.05) is 5.16 Å². The number of hydrogen-bond acceptors (Lipinski definition) is 5. The first-order valence-electron chi connectivity index (χ1n) is 5.86. The third-order valence-corrected chi connectivity index (χ3v) is 4.43. The van der Waals surface area contributed by atoms with Crippen LogP contribution >= 0.6 is 0 Å². The van der Waals surface area contributed by atoms with E-state index < -0.39 is 22.2 Å². The van der Waals surface area contributed by atoms with Gasteiger partial charge in [0.2, 0.25) is 0 Å². The van der Waals surface area contributed by atoms with Gasteiger partial charge in [0.1, 0.15) is 11.8 Å². The molecule has 0 bridgehead atoms. The molecule has 2 N–H and O–H groups in total. The molecule has 9 heteroatoms. The first-order valence-corrected chi connectivity index (χ1v) is 7.30. The number of anilines is 1. The van der Waals surface area contributed by atoms with Gasteiger partial charge in [0.25, 0.3) is 0 Å². The number of carboxylic acids is 1. The quantitative estimate of drug-likeness (QED) is 0.838. The van der Waals surface area contributed by atoms with E-state index in [1.807, 2.05) is 0 Å². The van der Waals surface area contributed by atoms with Gasteiger partial charge in [0, 0.05) is 12.6 Å². The second-order valence-electron chi connectivity index (χ2n) is 4.39. The number of nitrogens with one attached hydrogen (secondary N) is 1. The maximum atomic E-state index is 12.1. The number of piperidine rings is 1. The molecule has 1 aliphatic rings. The van der Waals surface area contributed by atoms with Gasteiger partial charge in [-0.05, 0) is 26.2 Å². The van der Waals surface area contributed by atoms with Gasteiger partial charge in [0.05, 0.1) is 0 Å². The fourth-order valence-electron chi connectivity index (χ4n) is 2.04. The zero-order valence-corrected chi connectivity index (χ0v) is 11.2. The molecule has 1 atom stereocenters. The number of aromatic nitrogens is 1. The normalized spacial score (nSPS) is 21.2. The molecule has 0 saturated carbocycles. The monoisotopic (exact) mass is 289 g/mol. The highest BCUT2D eigenvalue weighted by molar-refractivity contribution is 7.90. The van der Waals surface area contributed by atoms with Crippen LogP contribution in [0.15, 0.2) is 10.6 Å². The Morgan fingerprint density at radius 2 is 2.32 bits per heavy atom. The van der Waals surface area contributed by atoms with E-state index in [0.29, 0.717) is 25.0 Å². The predicted molar refractivity (Wildman–Crippen MR) is 65.8 cm³/mol. The van der Waals surface area contributed by atoms with Crippen LogP contribution in [0.5, 0.6) is 0 Å². The number of carbonyl (C=O) groups is 1. The lowest BCUT2D eigenvalue weighted by molar-refractivity contribution is -0.142. The molecule has 1 unspecified atom stereocenters. The van der Waals surface area contributed by atoms with E-state index in [1.165, 1.54) is 6.07 Å². The van der Waals surface area contributed by atoms with E-state index >= 15 is 0 Å². The number of hydrogen-bond donors (Lipinski definition) is 2. The molecule has 19 heavy (non-hydrogen) atoms. The van der Waals surface area contributed by atoms with E-state index in [-0.39, 0.29) is 12.4 Å².